The summed E-state index contributed by atoms with van der Waals surface area (Å²) >= 11 is 0. The van der Waals surface area contributed by atoms with Gasteiger partial charge in [-0.1, -0.05) is 12.1 Å². The van der Waals surface area contributed by atoms with Crippen molar-refractivity contribution in [1.82, 2.24) is 35.2 Å². The summed E-state index contributed by atoms with van der Waals surface area (Å²) in [6.45, 7) is 1.37. The Morgan fingerprint density at radius 2 is 2.04 bits per heavy atom. The quantitative estimate of drug-likeness (QED) is 0.515. The van der Waals surface area contributed by atoms with E-state index in [9.17, 15) is 0 Å². The Labute approximate surface area is 146 Å². The van der Waals surface area contributed by atoms with E-state index in [4.69, 9.17) is 0 Å². The second kappa shape index (κ2) is 8.09. The first-order chi connectivity index (χ1) is 12.3. The van der Waals surface area contributed by atoms with Crippen LogP contribution >= 0.6 is 0 Å². The van der Waals surface area contributed by atoms with Gasteiger partial charge in [0.1, 0.15) is 6.33 Å². The second-order valence-electron chi connectivity index (χ2n) is 5.58. The van der Waals surface area contributed by atoms with Crippen molar-refractivity contribution in [3.05, 3.63) is 60.4 Å². The molecule has 130 valence electrons. The third kappa shape index (κ3) is 4.43. The Balaban J connectivity index is 1.45. The molecule has 0 aliphatic rings. The highest BCUT2D eigenvalue weighted by Gasteiger charge is 2.03. The molecule has 0 aliphatic heterocycles. The number of rotatable bonds is 6. The van der Waals surface area contributed by atoms with Crippen LogP contribution in [0.15, 0.2) is 54.0 Å². The largest absolute Gasteiger partial charge is 0.356 e. The van der Waals surface area contributed by atoms with E-state index >= 15 is 0 Å². The minimum absolute atomic E-state index is 0.578. The van der Waals surface area contributed by atoms with Crippen molar-refractivity contribution in [1.29, 1.82) is 0 Å². The van der Waals surface area contributed by atoms with Gasteiger partial charge in [0.2, 0.25) is 0 Å². The molecule has 2 N–H and O–H groups in total. The summed E-state index contributed by atoms with van der Waals surface area (Å²) in [5.74, 6) is 1.60. The zero-order valence-corrected chi connectivity index (χ0v) is 14.4. The zero-order valence-electron chi connectivity index (χ0n) is 14.4. The molecule has 0 spiro atoms. The fourth-order valence-corrected chi connectivity index (χ4v) is 2.41. The molecule has 3 rings (SSSR count). The summed E-state index contributed by atoms with van der Waals surface area (Å²) in [6, 6.07) is 10.3. The summed E-state index contributed by atoms with van der Waals surface area (Å²) in [4.78, 5) is 4.22. The monoisotopic (exact) mass is 338 g/mol. The molecule has 0 saturated heterocycles. The highest BCUT2D eigenvalue weighted by molar-refractivity contribution is 5.79. The van der Waals surface area contributed by atoms with Gasteiger partial charge in [0, 0.05) is 33.0 Å². The molecule has 8 nitrogen and oxygen atoms in total. The molecule has 0 aliphatic carbocycles. The van der Waals surface area contributed by atoms with E-state index < -0.39 is 0 Å². The van der Waals surface area contributed by atoms with E-state index in [0.717, 1.165) is 30.4 Å². The number of guanidine groups is 1. The Kier molecular flexibility index (Phi) is 5.40. The predicted octanol–water partition coefficient (Wildman–Crippen LogP) is 0.908. The Morgan fingerprint density at radius 1 is 1.20 bits per heavy atom. The smallest absolute Gasteiger partial charge is 0.191 e. The van der Waals surface area contributed by atoms with Gasteiger partial charge in [0.25, 0.3) is 0 Å². The molecular formula is C17H22N8. The van der Waals surface area contributed by atoms with E-state index in [1.54, 1.807) is 19.6 Å². The van der Waals surface area contributed by atoms with Gasteiger partial charge < -0.3 is 15.2 Å². The third-order valence-corrected chi connectivity index (χ3v) is 3.85. The number of nitrogens with one attached hydrogen (secondary N) is 2. The number of aliphatic imine (C=N–C) groups is 1. The topological polar surface area (TPSA) is 84.9 Å². The minimum atomic E-state index is 0.578. The Bertz CT molecular complexity index is 802. The molecule has 3 aromatic rings. The molecule has 0 unspecified atom stereocenters. The lowest BCUT2D eigenvalue weighted by atomic mass is 10.1. The number of aryl methyl sites for hydroxylation is 1. The van der Waals surface area contributed by atoms with Crippen molar-refractivity contribution in [3.8, 4) is 5.69 Å². The van der Waals surface area contributed by atoms with Crippen molar-refractivity contribution in [2.45, 2.75) is 13.0 Å². The van der Waals surface area contributed by atoms with Crippen LogP contribution in [0, 0.1) is 0 Å². The van der Waals surface area contributed by atoms with Gasteiger partial charge in [-0.15, -0.1) is 10.2 Å². The van der Waals surface area contributed by atoms with Gasteiger partial charge in [-0.3, -0.25) is 4.99 Å². The molecule has 0 bridgehead atoms. The van der Waals surface area contributed by atoms with Crippen molar-refractivity contribution >= 4 is 5.96 Å². The Morgan fingerprint density at radius 3 is 2.68 bits per heavy atom. The van der Waals surface area contributed by atoms with Crippen LogP contribution in [0.1, 0.15) is 11.4 Å². The summed E-state index contributed by atoms with van der Waals surface area (Å²) in [5.41, 5.74) is 2.31. The van der Waals surface area contributed by atoms with Crippen molar-refractivity contribution in [3.63, 3.8) is 0 Å². The van der Waals surface area contributed by atoms with E-state index in [2.05, 4.69) is 55.2 Å². The van der Waals surface area contributed by atoms with Gasteiger partial charge in [-0.2, -0.15) is 5.10 Å². The highest BCUT2D eigenvalue weighted by atomic mass is 15.3. The first-order valence-electron chi connectivity index (χ1n) is 8.12. The SMILES string of the molecule is CN=C(NCCc1ccc(-n2cccn2)cc1)NCc1nncn1C. The Hall–Kier alpha value is -3.16. The fraction of sp³-hybridized carbons (Fsp3) is 0.294. The first kappa shape index (κ1) is 16.7. The fourth-order valence-electron chi connectivity index (χ4n) is 2.41. The lowest BCUT2D eigenvalue weighted by Gasteiger charge is -2.11. The van der Waals surface area contributed by atoms with Crippen LogP contribution in [0.3, 0.4) is 0 Å². The van der Waals surface area contributed by atoms with Gasteiger partial charge in [-0.05, 0) is 30.2 Å². The van der Waals surface area contributed by atoms with Crippen molar-refractivity contribution < 1.29 is 0 Å². The molecule has 0 saturated carbocycles. The predicted molar refractivity (Wildman–Crippen MR) is 96.5 cm³/mol. The molecule has 0 atom stereocenters. The van der Waals surface area contributed by atoms with E-state index in [0.29, 0.717) is 6.54 Å². The summed E-state index contributed by atoms with van der Waals surface area (Å²) in [7, 11) is 3.67. The molecule has 0 amide bonds. The normalized spacial score (nSPS) is 11.5. The average molecular weight is 338 g/mol. The standard InChI is InChI=1S/C17H22N8/c1-18-17(20-12-16-23-21-13-24(16)2)19-10-8-14-4-6-15(7-5-14)25-11-3-9-22-25/h3-7,9,11,13H,8,10,12H2,1-2H3,(H2,18,19,20). The van der Waals surface area contributed by atoms with Gasteiger partial charge in [0.15, 0.2) is 11.8 Å². The molecule has 25 heavy (non-hydrogen) atoms. The summed E-state index contributed by atoms with van der Waals surface area (Å²) in [6.07, 6.45) is 6.30. The van der Waals surface area contributed by atoms with E-state index in [1.807, 2.05) is 28.6 Å². The van der Waals surface area contributed by atoms with E-state index in [-0.39, 0.29) is 0 Å². The van der Waals surface area contributed by atoms with Crippen LogP contribution in [0.4, 0.5) is 0 Å². The maximum Gasteiger partial charge on any atom is 0.191 e. The molecule has 2 aromatic heterocycles. The zero-order chi connectivity index (χ0) is 17.5. The molecule has 0 fully saturated rings. The number of hydrogen-bond donors (Lipinski definition) is 2. The van der Waals surface area contributed by atoms with Crippen LogP contribution in [0.5, 0.6) is 0 Å². The van der Waals surface area contributed by atoms with Crippen LogP contribution in [-0.4, -0.2) is 44.1 Å². The van der Waals surface area contributed by atoms with Gasteiger partial charge in [-0.25, -0.2) is 4.68 Å². The highest BCUT2D eigenvalue weighted by Crippen LogP contribution is 2.08. The maximum atomic E-state index is 4.23. The van der Waals surface area contributed by atoms with Crippen molar-refractivity contribution in [2.24, 2.45) is 12.0 Å². The summed E-state index contributed by atoms with van der Waals surface area (Å²) < 4.78 is 3.72. The molecule has 1 aromatic carbocycles. The number of nitrogens with zero attached hydrogens (tertiary/aromatic N) is 6. The van der Waals surface area contributed by atoms with Crippen LogP contribution in [0.2, 0.25) is 0 Å². The lowest BCUT2D eigenvalue weighted by molar-refractivity contribution is 0.723. The second-order valence-corrected chi connectivity index (χ2v) is 5.58. The number of aromatic nitrogens is 5. The summed E-state index contributed by atoms with van der Waals surface area (Å²) in [5, 5.41) is 18.7. The lowest BCUT2D eigenvalue weighted by Crippen LogP contribution is -2.38. The first-order valence-corrected chi connectivity index (χ1v) is 8.12. The van der Waals surface area contributed by atoms with Crippen molar-refractivity contribution in [2.75, 3.05) is 13.6 Å². The average Bonchev–Trinajstić information content (AvgIpc) is 3.30. The molecule has 2 heterocycles. The molecular weight excluding hydrogens is 316 g/mol. The van der Waals surface area contributed by atoms with Gasteiger partial charge in [0.05, 0.1) is 12.2 Å². The third-order valence-electron chi connectivity index (χ3n) is 3.85. The van der Waals surface area contributed by atoms with Crippen LogP contribution in [0.25, 0.3) is 5.69 Å². The molecule has 8 heteroatoms. The number of hydrogen-bond acceptors (Lipinski definition) is 4. The van der Waals surface area contributed by atoms with Crippen LogP contribution in [-0.2, 0) is 20.0 Å². The van der Waals surface area contributed by atoms with Crippen LogP contribution < -0.4 is 10.6 Å². The number of benzene rings is 1. The molecule has 0 radical (unpaired) electrons. The minimum Gasteiger partial charge on any atom is -0.356 e. The van der Waals surface area contributed by atoms with E-state index in [1.165, 1.54) is 5.56 Å². The van der Waals surface area contributed by atoms with Gasteiger partial charge >= 0.3 is 0 Å². The maximum absolute atomic E-state index is 4.23.